The Labute approximate surface area is 141 Å². The number of amides is 1. The van der Waals surface area contributed by atoms with Crippen molar-refractivity contribution in [3.8, 4) is 0 Å². The third-order valence-electron chi connectivity index (χ3n) is 4.16. The first-order chi connectivity index (χ1) is 11.2. The van der Waals surface area contributed by atoms with Crippen LogP contribution in [-0.4, -0.2) is 54.6 Å². The van der Waals surface area contributed by atoms with Crippen molar-refractivity contribution in [1.82, 2.24) is 19.6 Å². The second-order valence-electron chi connectivity index (χ2n) is 6.34. The van der Waals surface area contributed by atoms with Crippen LogP contribution in [0.25, 0.3) is 0 Å². The van der Waals surface area contributed by atoms with Crippen molar-refractivity contribution < 1.29 is 13.2 Å². The van der Waals surface area contributed by atoms with Crippen molar-refractivity contribution in [1.29, 1.82) is 0 Å². The van der Waals surface area contributed by atoms with Gasteiger partial charge >= 0.3 is 0 Å². The summed E-state index contributed by atoms with van der Waals surface area (Å²) in [4.78, 5) is 32.5. The van der Waals surface area contributed by atoms with Gasteiger partial charge in [-0.3, -0.25) is 9.59 Å². The zero-order chi connectivity index (χ0) is 17.9. The fourth-order valence-corrected chi connectivity index (χ4v) is 3.87. The maximum atomic E-state index is 12.5. The summed E-state index contributed by atoms with van der Waals surface area (Å²) in [7, 11) is -3.33. The molecule has 24 heavy (non-hydrogen) atoms. The van der Waals surface area contributed by atoms with Crippen LogP contribution in [-0.2, 0) is 21.2 Å². The number of carbonyl (C=O) groups is 1. The monoisotopic (exact) mass is 356 g/mol. The van der Waals surface area contributed by atoms with Crippen molar-refractivity contribution >= 4 is 15.9 Å². The number of nitrogens with one attached hydrogen (secondary N) is 2. The molecule has 0 bridgehead atoms. The molecule has 2 atom stereocenters. The highest BCUT2D eigenvalue weighted by atomic mass is 32.2. The van der Waals surface area contributed by atoms with Gasteiger partial charge in [0, 0.05) is 30.9 Å². The van der Waals surface area contributed by atoms with Gasteiger partial charge in [-0.1, -0.05) is 13.3 Å². The molecule has 0 aliphatic carbocycles. The quantitative estimate of drug-likeness (QED) is 0.733. The second-order valence-corrected chi connectivity index (χ2v) is 8.12. The largest absolute Gasteiger partial charge is 0.340 e. The number of carbonyl (C=O) groups excluding carboxylic acids is 1. The van der Waals surface area contributed by atoms with Gasteiger partial charge in [-0.25, -0.2) is 18.1 Å². The van der Waals surface area contributed by atoms with Gasteiger partial charge in [0.15, 0.2) is 0 Å². The highest BCUT2D eigenvalue weighted by Gasteiger charge is 2.36. The lowest BCUT2D eigenvalue weighted by atomic mass is 9.99. The van der Waals surface area contributed by atoms with Gasteiger partial charge in [-0.15, -0.1) is 0 Å². The van der Waals surface area contributed by atoms with Crippen LogP contribution >= 0.6 is 0 Å². The van der Waals surface area contributed by atoms with Crippen molar-refractivity contribution in [3.63, 3.8) is 0 Å². The maximum Gasteiger partial charge on any atom is 0.254 e. The van der Waals surface area contributed by atoms with E-state index in [1.54, 1.807) is 11.8 Å². The van der Waals surface area contributed by atoms with Gasteiger partial charge in [-0.05, 0) is 19.3 Å². The number of aryl methyl sites for hydroxylation is 1. The molecule has 8 nitrogen and oxygen atoms in total. The Balaban J connectivity index is 2.08. The summed E-state index contributed by atoms with van der Waals surface area (Å²) in [6.07, 6.45) is 4.25. The molecule has 1 saturated heterocycles. The molecule has 0 radical (unpaired) electrons. The van der Waals surface area contributed by atoms with Crippen molar-refractivity contribution in [2.24, 2.45) is 5.92 Å². The Morgan fingerprint density at radius 3 is 2.75 bits per heavy atom. The normalized spacial score (nSPS) is 21.2. The van der Waals surface area contributed by atoms with Gasteiger partial charge in [0.05, 0.1) is 12.7 Å². The van der Waals surface area contributed by atoms with Crippen molar-refractivity contribution in [2.45, 2.75) is 39.2 Å². The van der Waals surface area contributed by atoms with E-state index in [4.69, 9.17) is 0 Å². The topological polar surface area (TPSA) is 112 Å². The van der Waals surface area contributed by atoms with Crippen LogP contribution in [0.1, 0.15) is 31.2 Å². The van der Waals surface area contributed by atoms with E-state index in [-0.39, 0.29) is 29.8 Å². The number of nitrogens with zero attached hydrogens (tertiary/aromatic N) is 2. The maximum absolute atomic E-state index is 12.5. The summed E-state index contributed by atoms with van der Waals surface area (Å²) in [5.41, 5.74) is 0.00290. The van der Waals surface area contributed by atoms with Crippen LogP contribution in [0.3, 0.4) is 0 Å². The molecular formula is C15H24N4O4S. The molecular weight excluding hydrogens is 332 g/mol. The van der Waals surface area contributed by atoms with Gasteiger partial charge in [0.25, 0.3) is 5.56 Å². The number of likely N-dealkylation sites (tertiary alicyclic amines) is 1. The van der Waals surface area contributed by atoms with Crippen LogP contribution in [0.2, 0.25) is 0 Å². The molecule has 0 unspecified atom stereocenters. The lowest BCUT2D eigenvalue weighted by Gasteiger charge is -2.17. The van der Waals surface area contributed by atoms with E-state index >= 15 is 0 Å². The summed E-state index contributed by atoms with van der Waals surface area (Å²) < 4.78 is 25.6. The Hall–Kier alpha value is -1.74. The van der Waals surface area contributed by atoms with Crippen LogP contribution in [0.5, 0.6) is 0 Å². The van der Waals surface area contributed by atoms with Gasteiger partial charge in [-0.2, -0.15) is 0 Å². The van der Waals surface area contributed by atoms with E-state index in [2.05, 4.69) is 14.7 Å². The molecule has 0 aromatic carbocycles. The number of aromatic amines is 1. The van der Waals surface area contributed by atoms with Crippen LogP contribution in [0, 0.1) is 12.8 Å². The average Bonchev–Trinajstić information content (AvgIpc) is 2.83. The van der Waals surface area contributed by atoms with Crippen molar-refractivity contribution in [3.05, 3.63) is 27.9 Å². The Bertz CT molecular complexity index is 759. The Morgan fingerprint density at radius 2 is 2.17 bits per heavy atom. The fraction of sp³-hybridized carbons (Fsp3) is 0.667. The predicted molar refractivity (Wildman–Crippen MR) is 90.0 cm³/mol. The molecule has 2 heterocycles. The molecule has 2 N–H and O–H groups in total. The minimum atomic E-state index is -3.33. The molecule has 9 heteroatoms. The van der Waals surface area contributed by atoms with Crippen LogP contribution in [0.15, 0.2) is 11.0 Å². The standard InChI is InChI=1S/C15H24N4O4S/c1-4-5-11-8-19(9-13(11)18-24(3,22)23)14(20)6-12-7-16-10(2)17-15(12)21/h7,11,13,18H,4-6,8-9H2,1-3H3,(H,16,17,21)/t11-,13-/m1/s1. The molecule has 2 rings (SSSR count). The smallest absolute Gasteiger partial charge is 0.254 e. The number of sulfonamides is 1. The fourth-order valence-electron chi connectivity index (χ4n) is 3.06. The number of H-pyrrole nitrogens is 1. The molecule has 1 aliphatic heterocycles. The molecule has 1 amide bonds. The van der Waals surface area contributed by atoms with Crippen LogP contribution in [0.4, 0.5) is 0 Å². The van der Waals surface area contributed by atoms with E-state index in [0.29, 0.717) is 24.5 Å². The van der Waals surface area contributed by atoms with Crippen molar-refractivity contribution in [2.75, 3.05) is 19.3 Å². The van der Waals surface area contributed by atoms with E-state index < -0.39 is 10.0 Å². The summed E-state index contributed by atoms with van der Waals surface area (Å²) in [5, 5.41) is 0. The van der Waals surface area contributed by atoms with Gasteiger partial charge in [0.1, 0.15) is 5.82 Å². The summed E-state index contributed by atoms with van der Waals surface area (Å²) >= 11 is 0. The minimum Gasteiger partial charge on any atom is -0.340 e. The zero-order valence-corrected chi connectivity index (χ0v) is 15.0. The highest BCUT2D eigenvalue weighted by Crippen LogP contribution is 2.23. The Kier molecular flexibility index (Phi) is 5.76. The molecule has 0 spiro atoms. The first-order valence-corrected chi connectivity index (χ1v) is 9.88. The number of aromatic nitrogens is 2. The summed E-state index contributed by atoms with van der Waals surface area (Å²) in [5.74, 6) is 0.394. The lowest BCUT2D eigenvalue weighted by Crippen LogP contribution is -2.40. The average molecular weight is 356 g/mol. The SMILES string of the molecule is CCC[C@@H]1CN(C(=O)Cc2cnc(C)[nH]c2=O)C[C@H]1NS(C)(=O)=O. The molecule has 1 aliphatic rings. The van der Waals surface area contributed by atoms with Gasteiger partial charge in [0.2, 0.25) is 15.9 Å². The first-order valence-electron chi connectivity index (χ1n) is 7.99. The lowest BCUT2D eigenvalue weighted by molar-refractivity contribution is -0.129. The first kappa shape index (κ1) is 18.6. The number of hydrogen-bond acceptors (Lipinski definition) is 5. The molecule has 1 aromatic rings. The van der Waals surface area contributed by atoms with E-state index in [1.165, 1.54) is 6.20 Å². The molecule has 134 valence electrons. The number of hydrogen-bond donors (Lipinski definition) is 2. The summed E-state index contributed by atoms with van der Waals surface area (Å²) in [6, 6.07) is -0.279. The van der Waals surface area contributed by atoms with Crippen LogP contribution < -0.4 is 10.3 Å². The number of rotatable bonds is 6. The third kappa shape index (κ3) is 4.88. The van der Waals surface area contributed by atoms with E-state index in [0.717, 1.165) is 19.1 Å². The third-order valence-corrected chi connectivity index (χ3v) is 4.89. The summed E-state index contributed by atoms with van der Waals surface area (Å²) in [6.45, 7) is 4.52. The molecule has 1 aromatic heterocycles. The molecule has 0 saturated carbocycles. The van der Waals surface area contributed by atoms with E-state index in [9.17, 15) is 18.0 Å². The highest BCUT2D eigenvalue weighted by molar-refractivity contribution is 7.88. The predicted octanol–water partition coefficient (Wildman–Crippen LogP) is -0.203. The van der Waals surface area contributed by atoms with E-state index in [1.807, 2.05) is 6.92 Å². The van der Waals surface area contributed by atoms with Gasteiger partial charge < -0.3 is 9.88 Å². The molecule has 1 fully saturated rings. The minimum absolute atomic E-state index is 0.0347. The Morgan fingerprint density at radius 1 is 1.46 bits per heavy atom. The zero-order valence-electron chi connectivity index (χ0n) is 14.2. The second kappa shape index (κ2) is 7.43.